The average Bonchev–Trinajstić information content (AvgIpc) is 3.02. The van der Waals surface area contributed by atoms with E-state index >= 15 is 0 Å². The summed E-state index contributed by atoms with van der Waals surface area (Å²) in [5, 5.41) is 0. The van der Waals surface area contributed by atoms with E-state index in [2.05, 4.69) is 26.8 Å². The summed E-state index contributed by atoms with van der Waals surface area (Å²) < 4.78 is 0. The third-order valence-electron chi connectivity index (χ3n) is 10.2. The van der Waals surface area contributed by atoms with Crippen LogP contribution in [0.3, 0.4) is 0 Å². The minimum absolute atomic E-state index is 0.196. The van der Waals surface area contributed by atoms with Gasteiger partial charge in [0, 0.05) is 12.3 Å². The zero-order valence-corrected chi connectivity index (χ0v) is 19.2. The molecule has 1 heteroatoms. The summed E-state index contributed by atoms with van der Waals surface area (Å²) >= 11 is 0. The van der Waals surface area contributed by atoms with Crippen LogP contribution in [-0.4, -0.2) is 5.78 Å². The largest absolute Gasteiger partial charge is 0.299 e. The summed E-state index contributed by atoms with van der Waals surface area (Å²) in [4.78, 5) is 12.2. The molecular weight excluding hydrogens is 340 g/mol. The number of fused-ring (bicyclic) bond motifs is 5. The SMILES string of the molecule is CC(C)C(=O)CC[C@@H](C)[C@H]1CC=C2[C@@H]3CCC4CCCC[C@]4(C)[C@H]3CC[C@@]21C. The van der Waals surface area contributed by atoms with Crippen molar-refractivity contribution >= 4 is 5.78 Å². The number of carbonyl (C=O) groups is 1. The van der Waals surface area contributed by atoms with E-state index in [1.165, 1.54) is 57.8 Å². The van der Waals surface area contributed by atoms with E-state index in [1.54, 1.807) is 0 Å². The van der Waals surface area contributed by atoms with E-state index in [0.29, 0.717) is 22.5 Å². The van der Waals surface area contributed by atoms with E-state index in [0.717, 1.165) is 36.5 Å². The zero-order valence-electron chi connectivity index (χ0n) is 19.2. The van der Waals surface area contributed by atoms with Crippen LogP contribution in [0.25, 0.3) is 0 Å². The highest BCUT2D eigenvalue weighted by Gasteiger charge is 2.57. The Balaban J connectivity index is 1.48. The Morgan fingerprint density at radius 3 is 2.61 bits per heavy atom. The van der Waals surface area contributed by atoms with Crippen LogP contribution in [0, 0.1) is 46.3 Å². The fourth-order valence-corrected chi connectivity index (χ4v) is 8.38. The molecule has 0 aliphatic heterocycles. The lowest BCUT2D eigenvalue weighted by molar-refractivity contribution is -0.122. The lowest BCUT2D eigenvalue weighted by Crippen LogP contribution is -2.50. The number of ketones is 1. The lowest BCUT2D eigenvalue weighted by atomic mass is 9.45. The molecule has 4 aliphatic rings. The standard InChI is InChI=1S/C27H44O/c1-18(2)25(28)14-9-19(3)22-12-13-23-21-11-10-20-8-6-7-16-26(20,4)24(21)15-17-27(22,23)5/h13,18-22,24H,6-12,14-17H2,1-5H3/t19-,20?,21+,22-,24+,26+,27-/m1/s1. The second-order valence-corrected chi connectivity index (χ2v) is 11.8. The monoisotopic (exact) mass is 384 g/mol. The van der Waals surface area contributed by atoms with Crippen LogP contribution >= 0.6 is 0 Å². The van der Waals surface area contributed by atoms with Gasteiger partial charge in [-0.15, -0.1) is 0 Å². The summed E-state index contributed by atoms with van der Waals surface area (Å²) in [6.45, 7) is 11.8. The first-order valence-electron chi connectivity index (χ1n) is 12.5. The molecular formula is C27H44O. The van der Waals surface area contributed by atoms with Crippen molar-refractivity contribution in [2.75, 3.05) is 0 Å². The number of allylic oxidation sites excluding steroid dienone is 2. The Kier molecular flexibility index (Phi) is 5.60. The van der Waals surface area contributed by atoms with Gasteiger partial charge in [-0.05, 0) is 91.8 Å². The molecule has 0 N–H and O–H groups in total. The Morgan fingerprint density at radius 1 is 1.07 bits per heavy atom. The number of Topliss-reactive ketones (excluding diaryl/α,β-unsaturated/α-hetero) is 1. The van der Waals surface area contributed by atoms with Gasteiger partial charge in [0.15, 0.2) is 0 Å². The van der Waals surface area contributed by atoms with Gasteiger partial charge in [-0.1, -0.05) is 59.1 Å². The quantitative estimate of drug-likeness (QED) is 0.446. The van der Waals surface area contributed by atoms with Crippen molar-refractivity contribution in [3.8, 4) is 0 Å². The van der Waals surface area contributed by atoms with Crippen molar-refractivity contribution in [1.29, 1.82) is 0 Å². The van der Waals surface area contributed by atoms with Crippen molar-refractivity contribution in [2.24, 2.45) is 46.3 Å². The van der Waals surface area contributed by atoms with Crippen LogP contribution in [0.1, 0.15) is 105 Å². The normalized spacial score (nSPS) is 43.7. The fourth-order valence-electron chi connectivity index (χ4n) is 8.38. The van der Waals surface area contributed by atoms with E-state index in [4.69, 9.17) is 0 Å². The summed E-state index contributed by atoms with van der Waals surface area (Å²) in [5.41, 5.74) is 2.90. The first kappa shape index (κ1) is 20.7. The Hall–Kier alpha value is -0.590. The predicted octanol–water partition coefficient (Wildman–Crippen LogP) is 7.60. The van der Waals surface area contributed by atoms with Gasteiger partial charge < -0.3 is 0 Å². The van der Waals surface area contributed by atoms with Gasteiger partial charge in [0.2, 0.25) is 0 Å². The maximum absolute atomic E-state index is 12.2. The van der Waals surface area contributed by atoms with E-state index in [9.17, 15) is 4.79 Å². The number of hydrogen-bond donors (Lipinski definition) is 0. The van der Waals surface area contributed by atoms with E-state index < -0.39 is 0 Å². The highest BCUT2D eigenvalue weighted by atomic mass is 16.1. The molecule has 0 bridgehead atoms. The molecule has 1 unspecified atom stereocenters. The molecule has 0 heterocycles. The van der Waals surface area contributed by atoms with Crippen molar-refractivity contribution < 1.29 is 4.79 Å². The highest BCUT2D eigenvalue weighted by molar-refractivity contribution is 5.80. The Labute approximate surface area is 174 Å². The van der Waals surface area contributed by atoms with E-state index in [-0.39, 0.29) is 5.92 Å². The van der Waals surface area contributed by atoms with Crippen LogP contribution < -0.4 is 0 Å². The molecule has 0 aromatic heterocycles. The molecule has 1 nitrogen and oxygen atoms in total. The van der Waals surface area contributed by atoms with Crippen molar-refractivity contribution in [2.45, 2.75) is 105 Å². The van der Waals surface area contributed by atoms with E-state index in [1.807, 2.05) is 19.4 Å². The van der Waals surface area contributed by atoms with Crippen LogP contribution in [0.4, 0.5) is 0 Å². The van der Waals surface area contributed by atoms with Gasteiger partial charge in [-0.25, -0.2) is 0 Å². The molecule has 28 heavy (non-hydrogen) atoms. The first-order chi connectivity index (χ1) is 13.3. The number of rotatable bonds is 5. The summed E-state index contributed by atoms with van der Waals surface area (Å²) in [7, 11) is 0. The van der Waals surface area contributed by atoms with Gasteiger partial charge in [0.25, 0.3) is 0 Å². The van der Waals surface area contributed by atoms with Crippen LogP contribution in [0.5, 0.6) is 0 Å². The zero-order chi connectivity index (χ0) is 20.1. The predicted molar refractivity (Wildman–Crippen MR) is 118 cm³/mol. The molecule has 7 atom stereocenters. The molecule has 158 valence electrons. The molecule has 0 spiro atoms. The maximum Gasteiger partial charge on any atom is 0.135 e. The third-order valence-corrected chi connectivity index (χ3v) is 10.2. The number of carbonyl (C=O) groups excluding carboxylic acids is 1. The minimum Gasteiger partial charge on any atom is -0.299 e. The number of hydrogen-bond acceptors (Lipinski definition) is 1. The Bertz CT molecular complexity index is 630. The summed E-state index contributed by atoms with van der Waals surface area (Å²) in [5.74, 6) is 4.90. The lowest BCUT2D eigenvalue weighted by Gasteiger charge is -2.59. The molecule has 0 aromatic rings. The first-order valence-corrected chi connectivity index (χ1v) is 12.5. The van der Waals surface area contributed by atoms with Gasteiger partial charge in [-0.2, -0.15) is 0 Å². The molecule has 0 amide bonds. The third kappa shape index (κ3) is 3.24. The molecule has 4 rings (SSSR count). The molecule has 3 fully saturated rings. The van der Waals surface area contributed by atoms with Crippen LogP contribution in [-0.2, 0) is 4.79 Å². The maximum atomic E-state index is 12.2. The molecule has 0 saturated heterocycles. The molecule has 0 aromatic carbocycles. The van der Waals surface area contributed by atoms with Crippen molar-refractivity contribution in [1.82, 2.24) is 0 Å². The van der Waals surface area contributed by atoms with Crippen LogP contribution in [0.2, 0.25) is 0 Å². The molecule has 0 radical (unpaired) electrons. The summed E-state index contributed by atoms with van der Waals surface area (Å²) in [6.07, 6.45) is 17.6. The molecule has 3 saturated carbocycles. The minimum atomic E-state index is 0.196. The summed E-state index contributed by atoms with van der Waals surface area (Å²) in [6, 6.07) is 0. The van der Waals surface area contributed by atoms with Crippen molar-refractivity contribution in [3.05, 3.63) is 11.6 Å². The average molecular weight is 385 g/mol. The van der Waals surface area contributed by atoms with Gasteiger partial charge in [0.1, 0.15) is 5.78 Å². The highest BCUT2D eigenvalue weighted by Crippen LogP contribution is 2.66. The fraction of sp³-hybridized carbons (Fsp3) is 0.889. The molecule has 4 aliphatic carbocycles. The van der Waals surface area contributed by atoms with Gasteiger partial charge >= 0.3 is 0 Å². The second kappa shape index (κ2) is 7.59. The van der Waals surface area contributed by atoms with Crippen molar-refractivity contribution in [3.63, 3.8) is 0 Å². The Morgan fingerprint density at radius 2 is 1.86 bits per heavy atom. The van der Waals surface area contributed by atoms with Gasteiger partial charge in [0.05, 0.1) is 0 Å². The second-order valence-electron chi connectivity index (χ2n) is 11.8. The van der Waals surface area contributed by atoms with Crippen LogP contribution in [0.15, 0.2) is 11.6 Å². The topological polar surface area (TPSA) is 17.1 Å². The van der Waals surface area contributed by atoms with Gasteiger partial charge in [-0.3, -0.25) is 4.79 Å². The smallest absolute Gasteiger partial charge is 0.135 e.